The molecular weight excluding hydrogens is 634 g/mol. The topological polar surface area (TPSA) is 156 Å². The number of nitrogens with zero attached hydrogens (tertiary/aromatic N) is 5. The summed E-state index contributed by atoms with van der Waals surface area (Å²) in [5.74, 6) is -0.590. The van der Waals surface area contributed by atoms with Crippen LogP contribution >= 0.6 is 11.3 Å². The van der Waals surface area contributed by atoms with Crippen LogP contribution in [0.25, 0.3) is 0 Å². The molecule has 0 spiro atoms. The first-order chi connectivity index (χ1) is 23.5. The molecule has 0 bridgehead atoms. The molecular formula is C35H39N5O7S. The number of benzene rings is 2. The minimum Gasteiger partial charge on any atom is -0.460 e. The second-order valence-corrected chi connectivity index (χ2v) is 11.1. The summed E-state index contributed by atoms with van der Waals surface area (Å²) in [6, 6.07) is 20.4. The molecule has 48 heavy (non-hydrogen) atoms. The highest BCUT2D eigenvalue weighted by molar-refractivity contribution is 7.16. The Bertz CT molecular complexity index is 1590. The number of carbonyl (C=O) groups excluding carboxylic acids is 2. The van der Waals surface area contributed by atoms with Crippen molar-refractivity contribution in [2.45, 2.75) is 20.4 Å². The number of rotatable bonds is 22. The molecule has 0 N–H and O–H groups in total. The first kappa shape index (κ1) is 37.7. The number of hydrogen-bond acceptors (Lipinski definition) is 13. The normalized spacial score (nSPS) is 11.1. The number of ether oxygens (including phenoxy) is 5. The van der Waals surface area contributed by atoms with Crippen molar-refractivity contribution in [1.29, 1.82) is 10.5 Å². The van der Waals surface area contributed by atoms with Crippen LogP contribution in [-0.2, 0) is 39.8 Å². The highest BCUT2D eigenvalue weighted by Crippen LogP contribution is 2.36. The Hall–Kier alpha value is -4.76. The van der Waals surface area contributed by atoms with Crippen LogP contribution in [0, 0.1) is 36.5 Å². The van der Waals surface area contributed by atoms with Crippen molar-refractivity contribution in [1.82, 2.24) is 0 Å². The van der Waals surface area contributed by atoms with Crippen molar-refractivity contribution in [2.24, 2.45) is 10.2 Å². The van der Waals surface area contributed by atoms with E-state index in [4.69, 9.17) is 23.7 Å². The third kappa shape index (κ3) is 13.2. The Kier molecular flexibility index (Phi) is 17.2. The van der Waals surface area contributed by atoms with Gasteiger partial charge < -0.3 is 28.6 Å². The summed E-state index contributed by atoms with van der Waals surface area (Å²) in [4.78, 5) is 24.0. The predicted molar refractivity (Wildman–Crippen MR) is 181 cm³/mol. The lowest BCUT2D eigenvalue weighted by Gasteiger charge is -2.25. The van der Waals surface area contributed by atoms with Crippen molar-refractivity contribution in [3.05, 3.63) is 87.8 Å². The van der Waals surface area contributed by atoms with Crippen molar-refractivity contribution >= 4 is 40.0 Å². The lowest BCUT2D eigenvalue weighted by Crippen LogP contribution is -2.27. The van der Waals surface area contributed by atoms with E-state index in [0.717, 1.165) is 34.7 Å². The van der Waals surface area contributed by atoms with Gasteiger partial charge in [0.1, 0.15) is 29.9 Å². The zero-order valence-electron chi connectivity index (χ0n) is 27.1. The molecule has 0 saturated carbocycles. The standard InChI is InChI=1S/C35H39N5O7S/c1-27-23-30(10-11-32(27)38-39-35-31(24-36)28(2)33(25-37)48-35)40(26-29-7-4-3-5-8-29)12-14-43-15-16-44-17-18-45-19-20-46-21-22-47-34(42)9-6-13-41/h3-11,13,23H,12,14-22,26H2,1-2H3/b9-6-,39-38?. The molecule has 2 aromatic carbocycles. The number of anilines is 1. The number of aldehydes is 1. The van der Waals surface area contributed by atoms with Gasteiger partial charge in [-0.3, -0.25) is 4.79 Å². The summed E-state index contributed by atoms with van der Waals surface area (Å²) in [5.41, 5.74) is 4.80. The van der Waals surface area contributed by atoms with Crippen molar-refractivity contribution in [2.75, 3.05) is 70.9 Å². The van der Waals surface area contributed by atoms with Crippen LogP contribution in [-0.4, -0.2) is 78.3 Å². The Labute approximate surface area is 284 Å². The molecule has 1 aromatic heterocycles. The maximum absolute atomic E-state index is 11.2. The van der Waals surface area contributed by atoms with Crippen LogP contribution in [0.15, 0.2) is 70.9 Å². The molecule has 0 atom stereocenters. The fourth-order valence-electron chi connectivity index (χ4n) is 4.26. The summed E-state index contributed by atoms with van der Waals surface area (Å²) < 4.78 is 27.1. The summed E-state index contributed by atoms with van der Waals surface area (Å²) in [7, 11) is 0. The van der Waals surface area contributed by atoms with Gasteiger partial charge in [-0.05, 0) is 54.8 Å². The van der Waals surface area contributed by atoms with Crippen molar-refractivity contribution in [3.63, 3.8) is 0 Å². The van der Waals surface area contributed by atoms with E-state index in [1.54, 1.807) is 6.92 Å². The minimum atomic E-state index is -0.590. The van der Waals surface area contributed by atoms with Gasteiger partial charge in [0.25, 0.3) is 0 Å². The van der Waals surface area contributed by atoms with Crippen LogP contribution in [0.5, 0.6) is 0 Å². The average molecular weight is 674 g/mol. The molecule has 13 heteroatoms. The smallest absolute Gasteiger partial charge is 0.330 e. The molecule has 3 rings (SSSR count). The van der Waals surface area contributed by atoms with E-state index in [1.807, 2.05) is 37.3 Å². The van der Waals surface area contributed by atoms with E-state index < -0.39 is 5.97 Å². The molecule has 0 aliphatic carbocycles. The van der Waals surface area contributed by atoms with Gasteiger partial charge in [-0.15, -0.1) is 21.6 Å². The fourth-order valence-corrected chi connectivity index (χ4v) is 5.14. The maximum atomic E-state index is 11.2. The van der Waals surface area contributed by atoms with E-state index in [1.165, 1.54) is 5.56 Å². The number of nitriles is 2. The van der Waals surface area contributed by atoms with Gasteiger partial charge in [0.15, 0.2) is 5.00 Å². The van der Waals surface area contributed by atoms with Crippen LogP contribution in [0.4, 0.5) is 16.4 Å². The summed E-state index contributed by atoms with van der Waals surface area (Å²) in [6.45, 7) is 8.38. The van der Waals surface area contributed by atoms with Crippen LogP contribution in [0.1, 0.15) is 27.1 Å². The predicted octanol–water partition coefficient (Wildman–Crippen LogP) is 5.90. The van der Waals surface area contributed by atoms with Gasteiger partial charge in [0.2, 0.25) is 0 Å². The quantitative estimate of drug-likeness (QED) is 0.0414. The minimum absolute atomic E-state index is 0.0991. The molecule has 0 unspecified atom stereocenters. The van der Waals surface area contributed by atoms with Gasteiger partial charge in [-0.1, -0.05) is 30.3 Å². The highest BCUT2D eigenvalue weighted by atomic mass is 32.1. The van der Waals surface area contributed by atoms with Gasteiger partial charge >= 0.3 is 5.97 Å². The van der Waals surface area contributed by atoms with E-state index in [2.05, 4.69) is 45.5 Å². The molecule has 0 radical (unpaired) electrons. The van der Waals surface area contributed by atoms with Gasteiger partial charge in [0, 0.05) is 24.9 Å². The first-order valence-electron chi connectivity index (χ1n) is 15.3. The molecule has 0 saturated heterocycles. The monoisotopic (exact) mass is 673 g/mol. The number of thiophene rings is 1. The second-order valence-electron chi connectivity index (χ2n) is 10.2. The molecule has 0 fully saturated rings. The lowest BCUT2D eigenvalue weighted by molar-refractivity contribution is -0.139. The number of hydrogen-bond donors (Lipinski definition) is 0. The van der Waals surface area contributed by atoms with E-state index >= 15 is 0 Å². The molecule has 3 aromatic rings. The molecule has 1 heterocycles. The zero-order valence-corrected chi connectivity index (χ0v) is 27.9. The van der Waals surface area contributed by atoms with Gasteiger partial charge in [-0.2, -0.15) is 10.5 Å². The SMILES string of the molecule is Cc1cc(N(CCOCCOCCOCCOCCOC(=O)/C=C\C=O)Cc2ccccc2)ccc1N=Nc1sc(C#N)c(C)c1C#N. The third-order valence-corrected chi connectivity index (χ3v) is 7.84. The third-order valence-electron chi connectivity index (χ3n) is 6.76. The number of allylic oxidation sites excluding steroid dienone is 1. The summed E-state index contributed by atoms with van der Waals surface area (Å²) in [6.07, 6.45) is 2.63. The second kappa shape index (κ2) is 21.9. The molecule has 0 aliphatic heterocycles. The fraction of sp³-hybridized carbons (Fsp3) is 0.371. The Morgan fingerprint density at radius 3 is 2.10 bits per heavy atom. The van der Waals surface area contributed by atoms with Crippen molar-refractivity contribution in [3.8, 4) is 12.1 Å². The van der Waals surface area contributed by atoms with E-state index in [9.17, 15) is 20.1 Å². The Morgan fingerprint density at radius 2 is 1.50 bits per heavy atom. The average Bonchev–Trinajstić information content (AvgIpc) is 3.42. The highest BCUT2D eigenvalue weighted by Gasteiger charge is 2.15. The number of esters is 1. The summed E-state index contributed by atoms with van der Waals surface area (Å²) >= 11 is 1.16. The van der Waals surface area contributed by atoms with Crippen LogP contribution in [0.3, 0.4) is 0 Å². The molecule has 0 aliphatic rings. The summed E-state index contributed by atoms with van der Waals surface area (Å²) in [5, 5.41) is 27.9. The molecule has 252 valence electrons. The van der Waals surface area contributed by atoms with Crippen LogP contribution < -0.4 is 4.90 Å². The molecule has 0 amide bonds. The zero-order chi connectivity index (χ0) is 34.4. The largest absolute Gasteiger partial charge is 0.460 e. The number of carbonyl (C=O) groups is 2. The van der Waals surface area contributed by atoms with E-state index in [-0.39, 0.29) is 13.2 Å². The van der Waals surface area contributed by atoms with Crippen molar-refractivity contribution < 1.29 is 33.3 Å². The van der Waals surface area contributed by atoms with Crippen LogP contribution in [0.2, 0.25) is 0 Å². The van der Waals surface area contributed by atoms with Gasteiger partial charge in [0.05, 0.1) is 64.1 Å². The first-order valence-corrected chi connectivity index (χ1v) is 16.1. The van der Waals surface area contributed by atoms with Gasteiger partial charge in [-0.25, -0.2) is 4.79 Å². The Balaban J connectivity index is 1.39. The lowest BCUT2D eigenvalue weighted by atomic mass is 10.1. The molecule has 12 nitrogen and oxygen atoms in total. The Morgan fingerprint density at radius 1 is 0.854 bits per heavy atom. The maximum Gasteiger partial charge on any atom is 0.330 e. The number of azo groups is 1. The van der Waals surface area contributed by atoms with E-state index in [0.29, 0.717) is 92.3 Å². The number of aryl methyl sites for hydroxylation is 1.